The molecule has 5 aromatic rings. The molecular formula is C48H56N8O7. The minimum absolute atomic E-state index is 0.0352. The molecule has 2 aromatic heterocycles. The summed E-state index contributed by atoms with van der Waals surface area (Å²) in [4.78, 5) is 74.2. The van der Waals surface area contributed by atoms with Crippen molar-refractivity contribution in [2.45, 2.75) is 95.5 Å². The van der Waals surface area contributed by atoms with E-state index in [1.54, 1.807) is 0 Å². The van der Waals surface area contributed by atoms with Crippen LogP contribution in [0.1, 0.15) is 83.0 Å². The number of fused-ring (bicyclic) bond motifs is 6. The molecule has 15 nitrogen and oxygen atoms in total. The Bertz CT molecular complexity index is 2560. The Kier molecular flexibility index (Phi) is 10.6. The Morgan fingerprint density at radius 1 is 0.810 bits per heavy atom. The Morgan fingerprint density at radius 3 is 2.29 bits per heavy atom. The third-order valence-corrected chi connectivity index (χ3v) is 14.8. The topological polar surface area (TPSA) is 184 Å². The van der Waals surface area contributed by atoms with Crippen LogP contribution >= 0.6 is 0 Å². The normalized spacial score (nSPS) is 26.2. The molecule has 330 valence electrons. The second-order valence-corrected chi connectivity index (χ2v) is 18.6. The van der Waals surface area contributed by atoms with Gasteiger partial charge in [-0.15, -0.1) is 0 Å². The first-order valence-corrected chi connectivity index (χ1v) is 22.5. The van der Waals surface area contributed by atoms with Gasteiger partial charge in [-0.3, -0.25) is 9.59 Å². The summed E-state index contributed by atoms with van der Waals surface area (Å²) in [6, 6.07) is 17.5. The fourth-order valence-electron chi connectivity index (χ4n) is 11.4. The molecule has 5 heterocycles. The zero-order valence-electron chi connectivity index (χ0n) is 36.4. The van der Waals surface area contributed by atoms with Crippen molar-refractivity contribution in [1.29, 1.82) is 0 Å². The molecule has 5 fully saturated rings. The molecule has 2 bridgehead atoms. The molecule has 3 aliphatic heterocycles. The number of alkyl carbamates (subject to hydrolysis) is 2. The van der Waals surface area contributed by atoms with E-state index in [4.69, 9.17) is 24.2 Å². The van der Waals surface area contributed by atoms with E-state index < -0.39 is 24.3 Å². The Labute approximate surface area is 366 Å². The van der Waals surface area contributed by atoms with Gasteiger partial charge in [0.2, 0.25) is 11.8 Å². The monoisotopic (exact) mass is 856 g/mol. The zero-order valence-corrected chi connectivity index (χ0v) is 36.4. The van der Waals surface area contributed by atoms with Crippen molar-refractivity contribution in [1.82, 2.24) is 40.4 Å². The van der Waals surface area contributed by atoms with E-state index in [-0.39, 0.29) is 47.8 Å². The van der Waals surface area contributed by atoms with Gasteiger partial charge in [0, 0.05) is 30.7 Å². The number of hydrogen-bond donors (Lipinski definition) is 4. The number of aromatic amines is 2. The maximum absolute atomic E-state index is 14.5. The maximum Gasteiger partial charge on any atom is 0.407 e. The van der Waals surface area contributed by atoms with Crippen LogP contribution in [0.4, 0.5) is 9.59 Å². The standard InChI is InChI=1S/C48H56N8O7/c1-24(2)38(53-47(59)61-4)45(57)55-32-13-10-31(21-32)42(55)44-49-23-36(51-44)27-8-6-26(7-9-27)29-11-14-33-30(20-29)12-15-35-40(33)52-43(50-35)37-22-34-25(3)41(34)56(37)46(58)39(54-48(60)62-5)28-16-18-63-19-17-28/h6-9,11-12,14-15,20,23-25,28,31-32,34,37-39,41-42H,10,13,16-19,21-22H2,1-5H3,(H,49,51)(H,50,52)(H,53,59)(H,54,60)/t25?,31-,32+,34?,37-,38?,39-,41?,42-/m0/s1. The highest BCUT2D eigenvalue weighted by atomic mass is 16.5. The van der Waals surface area contributed by atoms with Gasteiger partial charge in [-0.2, -0.15) is 0 Å². The highest BCUT2D eigenvalue weighted by Gasteiger charge is 2.62. The molecule has 0 spiro atoms. The number of piperidine rings is 2. The second kappa shape index (κ2) is 16.3. The largest absolute Gasteiger partial charge is 0.453 e. The number of methoxy groups -OCH3 is 2. The van der Waals surface area contributed by atoms with Gasteiger partial charge in [0.05, 0.1) is 49.2 Å². The van der Waals surface area contributed by atoms with Crippen molar-refractivity contribution in [2.24, 2.45) is 29.6 Å². The summed E-state index contributed by atoms with van der Waals surface area (Å²) >= 11 is 0. The maximum atomic E-state index is 14.5. The molecule has 0 radical (unpaired) electrons. The number of imidazole rings is 2. The molecule has 9 atom stereocenters. The SMILES string of the molecule is COC(=O)NC(C(=O)N1[C@@H]2CC[C@@H](C2)[C@H]1c1ncc(-c2ccc(-c3ccc4c(ccc5[nH]c([C@@H]6CC7C(C)C7N6C(=O)[C@@H](NC(=O)OC)C6CCOCC6)nc54)c3)cc2)[nH]1)C(C)C. The van der Waals surface area contributed by atoms with Crippen LogP contribution in [0.5, 0.6) is 0 Å². The van der Waals surface area contributed by atoms with Crippen LogP contribution in [0.3, 0.4) is 0 Å². The van der Waals surface area contributed by atoms with Gasteiger partial charge in [-0.25, -0.2) is 19.6 Å². The first-order chi connectivity index (χ1) is 30.5. The van der Waals surface area contributed by atoms with Crippen LogP contribution in [-0.2, 0) is 23.8 Å². The molecule has 10 rings (SSSR count). The Balaban J connectivity index is 0.873. The van der Waals surface area contributed by atoms with E-state index in [0.29, 0.717) is 43.8 Å². The fraction of sp³-hybridized carbons (Fsp3) is 0.500. The van der Waals surface area contributed by atoms with E-state index in [1.807, 2.05) is 29.8 Å². The van der Waals surface area contributed by atoms with Crippen molar-refractivity contribution >= 4 is 45.8 Å². The van der Waals surface area contributed by atoms with Crippen molar-refractivity contribution < 1.29 is 33.4 Å². The number of nitrogens with zero attached hydrogens (tertiary/aromatic N) is 4. The van der Waals surface area contributed by atoms with Crippen molar-refractivity contribution in [3.8, 4) is 22.4 Å². The van der Waals surface area contributed by atoms with Crippen LogP contribution in [0.2, 0.25) is 0 Å². The molecule has 4 unspecified atom stereocenters. The number of likely N-dealkylation sites (tertiary alicyclic amines) is 2. The Morgan fingerprint density at radius 2 is 1.54 bits per heavy atom. The minimum atomic E-state index is -0.692. The van der Waals surface area contributed by atoms with Crippen LogP contribution < -0.4 is 10.6 Å². The molecule has 2 aliphatic carbocycles. The molecule has 3 saturated heterocycles. The van der Waals surface area contributed by atoms with Crippen molar-refractivity contribution in [3.05, 3.63) is 72.4 Å². The van der Waals surface area contributed by atoms with E-state index in [0.717, 1.165) is 81.5 Å². The highest BCUT2D eigenvalue weighted by Crippen LogP contribution is 2.58. The summed E-state index contributed by atoms with van der Waals surface area (Å²) in [5.74, 6) is 2.32. The number of aromatic nitrogens is 4. The van der Waals surface area contributed by atoms with Crippen LogP contribution in [0.15, 0.2) is 60.8 Å². The summed E-state index contributed by atoms with van der Waals surface area (Å²) in [7, 11) is 2.63. The number of H-pyrrole nitrogens is 2. The summed E-state index contributed by atoms with van der Waals surface area (Å²) < 4.78 is 15.4. The van der Waals surface area contributed by atoms with Gasteiger partial charge >= 0.3 is 12.2 Å². The summed E-state index contributed by atoms with van der Waals surface area (Å²) in [6.07, 6.45) is 5.76. The lowest BCUT2D eigenvalue weighted by molar-refractivity contribution is -0.139. The van der Waals surface area contributed by atoms with Crippen LogP contribution in [-0.4, -0.2) is 105 Å². The summed E-state index contributed by atoms with van der Waals surface area (Å²) in [5.41, 5.74) is 5.79. The highest BCUT2D eigenvalue weighted by molar-refractivity contribution is 6.05. The molecule has 4 amide bonds. The fourth-order valence-corrected chi connectivity index (χ4v) is 11.4. The molecule has 2 saturated carbocycles. The lowest BCUT2D eigenvalue weighted by Crippen LogP contribution is -2.54. The van der Waals surface area contributed by atoms with Crippen LogP contribution in [0.25, 0.3) is 44.2 Å². The van der Waals surface area contributed by atoms with Crippen molar-refractivity contribution in [2.75, 3.05) is 27.4 Å². The number of carbonyl (C=O) groups excluding carboxylic acids is 4. The van der Waals surface area contributed by atoms with E-state index >= 15 is 0 Å². The van der Waals surface area contributed by atoms with Gasteiger partial charge in [0.15, 0.2) is 0 Å². The quantitative estimate of drug-likeness (QED) is 0.112. The van der Waals surface area contributed by atoms with E-state index in [9.17, 15) is 19.2 Å². The number of benzene rings is 3. The predicted molar refractivity (Wildman–Crippen MR) is 235 cm³/mol. The Hall–Kier alpha value is -5.96. The average Bonchev–Trinajstić information content (AvgIpc) is 4.04. The first kappa shape index (κ1) is 41.1. The summed E-state index contributed by atoms with van der Waals surface area (Å²) in [6.45, 7) is 7.18. The molecule has 63 heavy (non-hydrogen) atoms. The molecular weight excluding hydrogens is 801 g/mol. The van der Waals surface area contributed by atoms with Gasteiger partial charge < -0.3 is 44.6 Å². The number of hydrogen-bond acceptors (Lipinski definition) is 9. The van der Waals surface area contributed by atoms with Gasteiger partial charge in [-0.1, -0.05) is 63.2 Å². The summed E-state index contributed by atoms with van der Waals surface area (Å²) in [5, 5.41) is 7.73. The predicted octanol–water partition coefficient (Wildman–Crippen LogP) is 7.26. The van der Waals surface area contributed by atoms with E-state index in [1.165, 1.54) is 14.2 Å². The number of ether oxygens (including phenoxy) is 3. The van der Waals surface area contributed by atoms with Gasteiger partial charge in [0.1, 0.15) is 23.7 Å². The zero-order chi connectivity index (χ0) is 43.7. The minimum Gasteiger partial charge on any atom is -0.453 e. The third-order valence-electron chi connectivity index (χ3n) is 14.8. The smallest absolute Gasteiger partial charge is 0.407 e. The first-order valence-electron chi connectivity index (χ1n) is 22.5. The van der Waals surface area contributed by atoms with Crippen molar-refractivity contribution in [3.63, 3.8) is 0 Å². The second-order valence-electron chi connectivity index (χ2n) is 18.6. The third kappa shape index (κ3) is 7.27. The molecule has 3 aromatic carbocycles. The number of rotatable bonds is 10. The molecule has 4 N–H and O–H groups in total. The van der Waals surface area contributed by atoms with Gasteiger partial charge in [-0.05, 0) is 102 Å². The lowest BCUT2D eigenvalue weighted by Gasteiger charge is -2.37. The molecule has 5 aliphatic rings. The number of nitrogens with one attached hydrogen (secondary N) is 4. The van der Waals surface area contributed by atoms with Gasteiger partial charge in [0.25, 0.3) is 0 Å². The number of carbonyl (C=O) groups is 4. The van der Waals surface area contributed by atoms with E-state index in [2.05, 4.69) is 82.1 Å². The van der Waals surface area contributed by atoms with Crippen LogP contribution in [0, 0.1) is 29.6 Å². The average molecular weight is 857 g/mol. The molecule has 15 heteroatoms. The lowest BCUT2D eigenvalue weighted by atomic mass is 9.90. The number of amides is 4.